The summed E-state index contributed by atoms with van der Waals surface area (Å²) in [5, 5.41) is 10.5. The number of carbonyl (C=O) groups is 1. The van der Waals surface area contributed by atoms with Crippen molar-refractivity contribution >= 4 is 32.5 Å². The highest BCUT2D eigenvalue weighted by atomic mass is 32.2. The minimum Gasteiger partial charge on any atom is -0.483 e. The summed E-state index contributed by atoms with van der Waals surface area (Å²) >= 11 is 0. The average molecular weight is 499 g/mol. The zero-order chi connectivity index (χ0) is 25.0. The second-order valence-corrected chi connectivity index (χ2v) is 10.6. The molecule has 0 unspecified atom stereocenters. The number of hydrogen-bond donors (Lipinski definition) is 2. The number of likely N-dealkylation sites (N-methyl/N-ethyl adjacent to an activating group) is 1. The van der Waals surface area contributed by atoms with Crippen LogP contribution in [0.25, 0.3) is 10.9 Å². The monoisotopic (exact) mass is 498 g/mol. The molecule has 2 atom stereocenters. The number of aromatic nitrogens is 1. The van der Waals surface area contributed by atoms with Crippen molar-refractivity contribution in [3.63, 3.8) is 0 Å². The van der Waals surface area contributed by atoms with E-state index in [1.54, 1.807) is 42.4 Å². The number of aliphatic hydroxyl groups excluding tert-OH is 1. The van der Waals surface area contributed by atoms with Gasteiger partial charge in [-0.25, -0.2) is 8.42 Å². The van der Waals surface area contributed by atoms with Crippen LogP contribution in [0.4, 0.5) is 5.69 Å². The van der Waals surface area contributed by atoms with Crippen molar-refractivity contribution < 1.29 is 23.1 Å². The molecular weight excluding hydrogens is 468 g/mol. The van der Waals surface area contributed by atoms with Crippen LogP contribution in [0.5, 0.6) is 5.75 Å². The van der Waals surface area contributed by atoms with Gasteiger partial charge in [0.05, 0.1) is 23.9 Å². The second-order valence-electron chi connectivity index (χ2n) is 8.84. The molecule has 3 aromatic rings. The van der Waals surface area contributed by atoms with Crippen molar-refractivity contribution in [2.24, 2.45) is 0 Å². The summed E-state index contributed by atoms with van der Waals surface area (Å²) in [5.74, 6) is 0.238. The van der Waals surface area contributed by atoms with Crippen molar-refractivity contribution in [1.82, 2.24) is 14.8 Å². The summed E-state index contributed by atoms with van der Waals surface area (Å²) < 4.78 is 31.6. The fraction of sp³-hybridized carbons (Fsp3) is 0.360. The molecule has 0 bridgehead atoms. The number of ether oxygens (including phenoxy) is 1. The maximum Gasteiger partial charge on any atom is 0.260 e. The number of pyridine rings is 1. The summed E-state index contributed by atoms with van der Waals surface area (Å²) in [7, 11) is -1.68. The molecule has 1 aromatic heterocycles. The Balaban J connectivity index is 1.50. The fourth-order valence-corrected chi connectivity index (χ4v) is 4.84. The molecule has 2 heterocycles. The Morgan fingerprint density at radius 1 is 1.26 bits per heavy atom. The smallest absolute Gasteiger partial charge is 0.260 e. The van der Waals surface area contributed by atoms with Gasteiger partial charge in [-0.05, 0) is 36.2 Å². The number of benzene rings is 2. The third-order valence-corrected chi connectivity index (χ3v) is 6.69. The van der Waals surface area contributed by atoms with Gasteiger partial charge < -0.3 is 14.7 Å². The van der Waals surface area contributed by atoms with Gasteiger partial charge in [0.1, 0.15) is 5.75 Å². The molecular formula is C25H30N4O5S. The van der Waals surface area contributed by atoms with E-state index in [1.165, 1.54) is 0 Å². The second kappa shape index (κ2) is 10.6. The van der Waals surface area contributed by atoms with Gasteiger partial charge in [0.15, 0.2) is 6.61 Å². The van der Waals surface area contributed by atoms with Gasteiger partial charge in [-0.1, -0.05) is 30.3 Å². The van der Waals surface area contributed by atoms with Crippen LogP contribution in [0, 0.1) is 0 Å². The molecule has 1 amide bonds. The first-order chi connectivity index (χ1) is 16.7. The topological polar surface area (TPSA) is 112 Å². The largest absolute Gasteiger partial charge is 0.483 e. The molecule has 0 saturated carbocycles. The van der Waals surface area contributed by atoms with Gasteiger partial charge in [0, 0.05) is 44.0 Å². The molecule has 35 heavy (non-hydrogen) atoms. The average Bonchev–Trinajstić information content (AvgIpc) is 3.24. The molecule has 10 heteroatoms. The SMILES string of the molecule is CN(C(=O)COc1ccnc2ccc(NS(C)(=O)=O)cc12)[C@H](CN1CC[C@H](O)C1)c1ccccc1. The lowest BCUT2D eigenvalue weighted by molar-refractivity contribution is -0.134. The molecule has 186 valence electrons. The minimum absolute atomic E-state index is 0.189. The van der Waals surface area contributed by atoms with Gasteiger partial charge in [0.25, 0.3) is 5.91 Å². The standard InChI is InChI=1S/C25H30N4O5S/c1-28(23(18-6-4-3-5-7-18)16-29-13-11-20(30)15-29)25(31)17-34-24-10-12-26-22-9-8-19(14-21(22)24)27-35(2,32)33/h3-10,12,14,20,23,27,30H,11,13,15-17H2,1-2H3/t20-,23+/m0/s1. The first kappa shape index (κ1) is 24.9. The van der Waals surface area contributed by atoms with E-state index in [9.17, 15) is 18.3 Å². The number of nitrogens with zero attached hydrogens (tertiary/aromatic N) is 3. The number of β-amino-alcohol motifs (C(OH)–C–C–N with tert-alkyl or cyclic N) is 1. The van der Waals surface area contributed by atoms with Gasteiger partial charge >= 0.3 is 0 Å². The van der Waals surface area contributed by atoms with Crippen molar-refractivity contribution in [3.05, 3.63) is 66.4 Å². The van der Waals surface area contributed by atoms with Crippen molar-refractivity contribution in [2.75, 3.05) is 44.3 Å². The number of anilines is 1. The lowest BCUT2D eigenvalue weighted by Gasteiger charge is -2.32. The zero-order valence-corrected chi connectivity index (χ0v) is 20.6. The first-order valence-electron chi connectivity index (χ1n) is 11.4. The quantitative estimate of drug-likeness (QED) is 0.465. The van der Waals surface area contributed by atoms with E-state index in [-0.39, 0.29) is 24.7 Å². The van der Waals surface area contributed by atoms with E-state index >= 15 is 0 Å². The van der Waals surface area contributed by atoms with Crippen LogP contribution in [0.15, 0.2) is 60.8 Å². The lowest BCUT2D eigenvalue weighted by atomic mass is 10.0. The number of aliphatic hydroxyl groups is 1. The summed E-state index contributed by atoms with van der Waals surface area (Å²) in [4.78, 5) is 21.3. The maximum atomic E-state index is 13.2. The minimum atomic E-state index is -3.44. The van der Waals surface area contributed by atoms with Crippen LogP contribution in [0.2, 0.25) is 0 Å². The highest BCUT2D eigenvalue weighted by molar-refractivity contribution is 7.92. The lowest BCUT2D eigenvalue weighted by Crippen LogP contribution is -2.40. The van der Waals surface area contributed by atoms with Crippen LogP contribution < -0.4 is 9.46 Å². The summed E-state index contributed by atoms with van der Waals surface area (Å²) in [6, 6.07) is 16.2. The molecule has 2 aromatic carbocycles. The van der Waals surface area contributed by atoms with Crippen molar-refractivity contribution in [1.29, 1.82) is 0 Å². The molecule has 2 N–H and O–H groups in total. The zero-order valence-electron chi connectivity index (χ0n) is 19.8. The van der Waals surface area contributed by atoms with Gasteiger partial charge in [-0.15, -0.1) is 0 Å². The molecule has 4 rings (SSSR count). The van der Waals surface area contributed by atoms with Crippen LogP contribution in [-0.2, 0) is 14.8 Å². The number of sulfonamides is 1. The molecule has 1 saturated heterocycles. The van der Waals surface area contributed by atoms with Gasteiger partial charge in [-0.3, -0.25) is 19.4 Å². The van der Waals surface area contributed by atoms with E-state index in [1.807, 2.05) is 30.3 Å². The van der Waals surface area contributed by atoms with E-state index in [0.717, 1.165) is 24.8 Å². The van der Waals surface area contributed by atoms with E-state index in [2.05, 4.69) is 14.6 Å². The van der Waals surface area contributed by atoms with E-state index in [4.69, 9.17) is 4.74 Å². The number of nitrogens with one attached hydrogen (secondary N) is 1. The van der Waals surface area contributed by atoms with Crippen LogP contribution >= 0.6 is 0 Å². The maximum absolute atomic E-state index is 13.2. The summed E-state index contributed by atoms with van der Waals surface area (Å²) in [6.45, 7) is 1.80. The Morgan fingerprint density at radius 3 is 2.71 bits per heavy atom. The summed E-state index contributed by atoms with van der Waals surface area (Å²) in [5.41, 5.74) is 2.02. The fourth-order valence-electron chi connectivity index (χ4n) is 4.29. The number of amides is 1. The molecule has 9 nitrogen and oxygen atoms in total. The van der Waals surface area contributed by atoms with Crippen LogP contribution in [0.1, 0.15) is 18.0 Å². The number of fused-ring (bicyclic) bond motifs is 1. The van der Waals surface area contributed by atoms with Crippen LogP contribution in [0.3, 0.4) is 0 Å². The van der Waals surface area contributed by atoms with Gasteiger partial charge in [0.2, 0.25) is 10.0 Å². The molecule has 1 fully saturated rings. The highest BCUT2D eigenvalue weighted by Crippen LogP contribution is 2.28. The normalized spacial score (nSPS) is 17.3. The number of rotatable bonds is 9. The Bertz CT molecular complexity index is 1290. The Hall–Kier alpha value is -3.21. The number of hydrogen-bond acceptors (Lipinski definition) is 7. The number of likely N-dealkylation sites (tertiary alicyclic amines) is 1. The summed E-state index contributed by atoms with van der Waals surface area (Å²) in [6.07, 6.45) is 3.06. The molecule has 1 aliphatic heterocycles. The first-order valence-corrected chi connectivity index (χ1v) is 13.3. The molecule has 0 spiro atoms. The predicted octanol–water partition coefficient (Wildman–Crippen LogP) is 2.25. The Kier molecular flexibility index (Phi) is 7.54. The number of carbonyl (C=O) groups excluding carboxylic acids is 1. The predicted molar refractivity (Wildman–Crippen MR) is 135 cm³/mol. The molecule has 1 aliphatic rings. The van der Waals surface area contributed by atoms with Gasteiger partial charge in [-0.2, -0.15) is 0 Å². The van der Waals surface area contributed by atoms with Crippen molar-refractivity contribution in [2.45, 2.75) is 18.6 Å². The Labute approximate surface area is 205 Å². The van der Waals surface area contributed by atoms with E-state index in [0.29, 0.717) is 35.4 Å². The third kappa shape index (κ3) is 6.47. The highest BCUT2D eigenvalue weighted by Gasteiger charge is 2.28. The van der Waals surface area contributed by atoms with E-state index < -0.39 is 10.0 Å². The molecule has 0 aliphatic carbocycles. The Morgan fingerprint density at radius 2 is 2.03 bits per heavy atom. The van der Waals surface area contributed by atoms with Crippen molar-refractivity contribution in [3.8, 4) is 5.75 Å². The molecule has 0 radical (unpaired) electrons. The van der Waals surface area contributed by atoms with Crippen LogP contribution in [-0.4, -0.2) is 79.9 Å². The third-order valence-electron chi connectivity index (χ3n) is 6.08.